The molecule has 3 N–H and O–H groups in total. The van der Waals surface area contributed by atoms with Crippen LogP contribution in [0.25, 0.3) is 0 Å². The molecule has 0 bridgehead atoms. The van der Waals surface area contributed by atoms with Gasteiger partial charge in [0.1, 0.15) is 0 Å². The number of rotatable bonds is 6. The molecule has 2 amide bonds. The summed E-state index contributed by atoms with van der Waals surface area (Å²) in [6.45, 7) is 10.3. The van der Waals surface area contributed by atoms with E-state index < -0.39 is 0 Å². The summed E-state index contributed by atoms with van der Waals surface area (Å²) >= 11 is 1.62. The first kappa shape index (κ1) is 22.8. The van der Waals surface area contributed by atoms with Crippen molar-refractivity contribution >= 4 is 29.4 Å². The van der Waals surface area contributed by atoms with Gasteiger partial charge in [0, 0.05) is 22.3 Å². The molecular weight excluding hydrogens is 378 g/mol. The van der Waals surface area contributed by atoms with Crippen molar-refractivity contribution in [1.29, 1.82) is 0 Å². The predicted octanol–water partition coefficient (Wildman–Crippen LogP) is 7.01. The summed E-state index contributed by atoms with van der Waals surface area (Å²) in [6.07, 6.45) is 5.37. The van der Waals surface area contributed by atoms with Crippen molar-refractivity contribution in [3.63, 3.8) is 0 Å². The summed E-state index contributed by atoms with van der Waals surface area (Å²) in [5.74, 6) is 0. The second-order valence-electron chi connectivity index (χ2n) is 6.54. The highest BCUT2D eigenvalue weighted by Gasteiger charge is 2.22. The first-order chi connectivity index (χ1) is 14.1. The van der Waals surface area contributed by atoms with Gasteiger partial charge in [-0.2, -0.15) is 0 Å². The number of hydrogen-bond acceptors (Lipinski definition) is 3. The fourth-order valence-corrected chi connectivity index (χ4v) is 3.78. The van der Waals surface area contributed by atoms with Crippen LogP contribution in [-0.4, -0.2) is 12.1 Å². The molecule has 1 saturated carbocycles. The van der Waals surface area contributed by atoms with Crippen LogP contribution in [0.3, 0.4) is 0 Å². The van der Waals surface area contributed by atoms with Gasteiger partial charge in [0.2, 0.25) is 0 Å². The molecule has 1 aliphatic carbocycles. The van der Waals surface area contributed by atoms with Crippen molar-refractivity contribution in [2.75, 3.05) is 10.6 Å². The molecule has 1 fully saturated rings. The lowest BCUT2D eigenvalue weighted by Gasteiger charge is -2.11. The average molecular weight is 410 g/mol. The molecule has 0 saturated heterocycles. The third-order valence-corrected chi connectivity index (χ3v) is 5.31. The number of para-hydroxylation sites is 1. The van der Waals surface area contributed by atoms with Gasteiger partial charge in [-0.05, 0) is 73.2 Å². The van der Waals surface area contributed by atoms with E-state index in [1.165, 1.54) is 11.1 Å². The number of amides is 2. The third kappa shape index (κ3) is 7.44. The van der Waals surface area contributed by atoms with E-state index in [0.717, 1.165) is 35.5 Å². The van der Waals surface area contributed by atoms with Gasteiger partial charge < -0.3 is 10.6 Å². The Bertz CT molecular complexity index is 816. The van der Waals surface area contributed by atoms with Gasteiger partial charge in [0.15, 0.2) is 0 Å². The number of benzene rings is 2. The number of carbonyl (C=O) groups is 1. The number of carbonyl (C=O) groups excluding carboxylic acids is 1. The lowest BCUT2D eigenvalue weighted by atomic mass is 10.1. The van der Waals surface area contributed by atoms with E-state index in [2.05, 4.69) is 34.9 Å². The number of anilines is 2. The number of nitrogens with one attached hydrogen (secondary N) is 3. The molecule has 2 aromatic rings. The zero-order valence-corrected chi connectivity index (χ0v) is 18.3. The summed E-state index contributed by atoms with van der Waals surface area (Å²) in [4.78, 5) is 13.1. The minimum atomic E-state index is -0.251. The Morgan fingerprint density at radius 1 is 1.03 bits per heavy atom. The predicted molar refractivity (Wildman–Crippen MR) is 126 cm³/mol. The van der Waals surface area contributed by atoms with E-state index in [1.807, 2.05) is 68.4 Å². The molecule has 5 heteroatoms. The van der Waals surface area contributed by atoms with E-state index in [0.29, 0.717) is 6.04 Å². The molecular formula is C24H31N3OS. The quantitative estimate of drug-likeness (QED) is 0.450. The molecule has 2 aromatic carbocycles. The van der Waals surface area contributed by atoms with E-state index >= 15 is 0 Å². The molecule has 1 unspecified atom stereocenters. The van der Waals surface area contributed by atoms with Gasteiger partial charge >= 0.3 is 6.03 Å². The number of allylic oxidation sites excluding steroid dienone is 1. The van der Waals surface area contributed by atoms with Crippen LogP contribution in [0.2, 0.25) is 0 Å². The maximum Gasteiger partial charge on any atom is 0.323 e. The van der Waals surface area contributed by atoms with Crippen LogP contribution >= 0.6 is 11.9 Å². The molecule has 1 aliphatic rings. The molecule has 0 heterocycles. The molecule has 4 nitrogen and oxygen atoms in total. The Kier molecular flexibility index (Phi) is 9.54. The second kappa shape index (κ2) is 12.1. The van der Waals surface area contributed by atoms with Gasteiger partial charge in [-0.15, -0.1) is 0 Å². The van der Waals surface area contributed by atoms with Crippen molar-refractivity contribution in [1.82, 2.24) is 4.72 Å². The normalized spacial score (nSPS) is 16.9. The van der Waals surface area contributed by atoms with Crippen LogP contribution in [0.15, 0.2) is 83.3 Å². The molecule has 0 spiro atoms. The van der Waals surface area contributed by atoms with Crippen LogP contribution in [0.1, 0.15) is 40.0 Å². The van der Waals surface area contributed by atoms with Gasteiger partial charge in [-0.25, -0.2) is 4.79 Å². The second-order valence-corrected chi connectivity index (χ2v) is 7.45. The Balaban J connectivity index is 0.00000145. The first-order valence-corrected chi connectivity index (χ1v) is 11.0. The van der Waals surface area contributed by atoms with Gasteiger partial charge in [0.25, 0.3) is 0 Å². The van der Waals surface area contributed by atoms with Crippen molar-refractivity contribution in [3.05, 3.63) is 78.4 Å². The first-order valence-electron chi connectivity index (χ1n) is 10.2. The summed E-state index contributed by atoms with van der Waals surface area (Å²) in [5, 5.41) is 5.65. The fraction of sp³-hybridized carbons (Fsp3) is 0.292. The highest BCUT2D eigenvalue weighted by molar-refractivity contribution is 7.97. The van der Waals surface area contributed by atoms with Crippen LogP contribution in [0.5, 0.6) is 0 Å². The van der Waals surface area contributed by atoms with E-state index in [-0.39, 0.29) is 6.03 Å². The Labute approximate surface area is 179 Å². The molecule has 1 atom stereocenters. The molecule has 0 aliphatic heterocycles. The van der Waals surface area contributed by atoms with Crippen molar-refractivity contribution in [3.8, 4) is 0 Å². The van der Waals surface area contributed by atoms with Crippen LogP contribution in [0.4, 0.5) is 16.2 Å². The largest absolute Gasteiger partial charge is 0.323 e. The zero-order chi connectivity index (χ0) is 21.1. The van der Waals surface area contributed by atoms with Crippen molar-refractivity contribution < 1.29 is 4.79 Å². The topological polar surface area (TPSA) is 53.2 Å². The van der Waals surface area contributed by atoms with Gasteiger partial charge in [0.05, 0.1) is 0 Å². The summed E-state index contributed by atoms with van der Waals surface area (Å²) in [7, 11) is 0. The molecule has 29 heavy (non-hydrogen) atoms. The maximum absolute atomic E-state index is 12.0. The average Bonchev–Trinajstić information content (AvgIpc) is 3.09. The van der Waals surface area contributed by atoms with Gasteiger partial charge in [-0.3, -0.25) is 4.72 Å². The minimum absolute atomic E-state index is 0.251. The Morgan fingerprint density at radius 2 is 1.66 bits per heavy atom. The summed E-state index contributed by atoms with van der Waals surface area (Å²) in [5.41, 5.74) is 4.16. The van der Waals surface area contributed by atoms with Crippen LogP contribution in [0, 0.1) is 0 Å². The minimum Gasteiger partial charge on any atom is -0.308 e. The number of hydrogen-bond donors (Lipinski definition) is 3. The summed E-state index contributed by atoms with van der Waals surface area (Å²) < 4.78 is 3.52. The highest BCUT2D eigenvalue weighted by atomic mass is 32.2. The van der Waals surface area contributed by atoms with Crippen molar-refractivity contribution in [2.24, 2.45) is 0 Å². The Hall–Kier alpha value is -2.50. The van der Waals surface area contributed by atoms with E-state index in [1.54, 1.807) is 11.9 Å². The Morgan fingerprint density at radius 3 is 2.28 bits per heavy atom. The van der Waals surface area contributed by atoms with E-state index in [4.69, 9.17) is 0 Å². The number of urea groups is 1. The lowest BCUT2D eigenvalue weighted by molar-refractivity contribution is 0.262. The monoisotopic (exact) mass is 409 g/mol. The SMILES string of the molecule is C=C1CC(NSc2ccc(NC(=O)Nc3ccccc3)cc2)C/C1=C/CC.CC. The zero-order valence-electron chi connectivity index (χ0n) is 17.5. The molecule has 0 aromatic heterocycles. The standard InChI is InChI=1S/C22H25N3OS.C2H6/c1-3-7-17-15-20(14-16(17)2)25-27-21-12-10-19(11-13-21)24-22(26)23-18-8-5-4-6-9-18;1-2/h4-13,20,25H,2-3,14-15H2,1H3,(H2,23,24,26);1-2H3/b17-7-;. The fourth-order valence-electron chi connectivity index (χ4n) is 3.04. The lowest BCUT2D eigenvalue weighted by Crippen LogP contribution is -2.19. The smallest absolute Gasteiger partial charge is 0.308 e. The molecule has 3 rings (SSSR count). The van der Waals surface area contributed by atoms with Crippen molar-refractivity contribution in [2.45, 2.75) is 51.0 Å². The third-order valence-electron chi connectivity index (χ3n) is 4.35. The highest BCUT2D eigenvalue weighted by Crippen LogP contribution is 2.31. The van der Waals surface area contributed by atoms with Crippen LogP contribution in [-0.2, 0) is 0 Å². The maximum atomic E-state index is 12.0. The summed E-state index contributed by atoms with van der Waals surface area (Å²) in [6, 6.07) is 17.4. The molecule has 0 radical (unpaired) electrons. The van der Waals surface area contributed by atoms with E-state index in [9.17, 15) is 4.79 Å². The van der Waals surface area contributed by atoms with Crippen LogP contribution < -0.4 is 15.4 Å². The van der Waals surface area contributed by atoms with Gasteiger partial charge in [-0.1, -0.05) is 57.2 Å². The molecule has 154 valence electrons.